The van der Waals surface area contributed by atoms with Gasteiger partial charge in [0.15, 0.2) is 5.78 Å². The molecule has 126 valence electrons. The number of carbonyl (C=O) groups is 1. The van der Waals surface area contributed by atoms with Crippen LogP contribution in [0.1, 0.15) is 5.56 Å². The SMILES string of the molecule is Cc1ccccc1SCC(=O)C(C#N)=C1N(C)c2ccccc2N1C. The largest absolute Gasteiger partial charge is 0.328 e. The number of benzene rings is 2. The zero-order valence-corrected chi connectivity index (χ0v) is 15.3. The van der Waals surface area contributed by atoms with Crippen LogP contribution in [-0.4, -0.2) is 25.6 Å². The van der Waals surface area contributed by atoms with E-state index in [0.717, 1.165) is 21.8 Å². The maximum Gasteiger partial charge on any atom is 0.187 e. The molecular weight excluding hydrogens is 330 g/mol. The molecule has 0 amide bonds. The maximum atomic E-state index is 12.7. The predicted octanol–water partition coefficient (Wildman–Crippen LogP) is 3.98. The van der Waals surface area contributed by atoms with Crippen LogP contribution in [0.4, 0.5) is 11.4 Å². The van der Waals surface area contributed by atoms with Gasteiger partial charge in [0.1, 0.15) is 17.5 Å². The number of rotatable bonds is 4. The lowest BCUT2D eigenvalue weighted by molar-refractivity contribution is -0.112. The van der Waals surface area contributed by atoms with Crippen molar-refractivity contribution in [1.82, 2.24) is 0 Å². The topological polar surface area (TPSA) is 47.3 Å². The van der Waals surface area contributed by atoms with Crippen molar-refractivity contribution >= 4 is 28.9 Å². The fourth-order valence-electron chi connectivity index (χ4n) is 2.99. The minimum absolute atomic E-state index is 0.155. The van der Waals surface area contributed by atoms with Crippen molar-refractivity contribution in [2.24, 2.45) is 0 Å². The zero-order valence-electron chi connectivity index (χ0n) is 14.5. The third-order valence-electron chi connectivity index (χ3n) is 4.31. The number of thioether (sulfide) groups is 1. The Morgan fingerprint density at radius 3 is 2.16 bits per heavy atom. The molecule has 2 aromatic carbocycles. The first-order chi connectivity index (χ1) is 12.0. The van der Waals surface area contributed by atoms with Crippen molar-refractivity contribution in [1.29, 1.82) is 5.26 Å². The lowest BCUT2D eigenvalue weighted by Crippen LogP contribution is -2.26. The minimum Gasteiger partial charge on any atom is -0.328 e. The monoisotopic (exact) mass is 349 g/mol. The van der Waals surface area contributed by atoms with E-state index in [-0.39, 0.29) is 17.1 Å². The van der Waals surface area contributed by atoms with Gasteiger partial charge in [0.25, 0.3) is 0 Å². The first-order valence-corrected chi connectivity index (χ1v) is 8.95. The average molecular weight is 349 g/mol. The second-order valence-corrected chi connectivity index (χ2v) is 6.91. The van der Waals surface area contributed by atoms with Crippen LogP contribution in [0.2, 0.25) is 0 Å². The number of para-hydroxylation sites is 2. The highest BCUT2D eigenvalue weighted by Gasteiger charge is 2.31. The van der Waals surface area contributed by atoms with Gasteiger partial charge in [0.2, 0.25) is 0 Å². The molecule has 1 aliphatic rings. The predicted molar refractivity (Wildman–Crippen MR) is 103 cm³/mol. The van der Waals surface area contributed by atoms with E-state index >= 15 is 0 Å². The number of allylic oxidation sites excluding steroid dienone is 1. The third-order valence-corrected chi connectivity index (χ3v) is 5.48. The number of anilines is 2. The normalized spacial score (nSPS) is 12.8. The molecule has 0 N–H and O–H groups in total. The Bertz CT molecular complexity index is 867. The minimum atomic E-state index is -0.155. The van der Waals surface area contributed by atoms with E-state index in [4.69, 9.17) is 0 Å². The van der Waals surface area contributed by atoms with Crippen molar-refractivity contribution in [3.8, 4) is 6.07 Å². The molecule has 0 radical (unpaired) electrons. The van der Waals surface area contributed by atoms with Gasteiger partial charge in [-0.1, -0.05) is 30.3 Å². The Labute approximate surface area is 152 Å². The van der Waals surface area contributed by atoms with Gasteiger partial charge in [-0.05, 0) is 30.7 Å². The van der Waals surface area contributed by atoms with Gasteiger partial charge in [-0.3, -0.25) is 4.79 Å². The molecule has 1 aliphatic heterocycles. The summed E-state index contributed by atoms with van der Waals surface area (Å²) in [5.74, 6) is 0.728. The Hall–Kier alpha value is -2.71. The van der Waals surface area contributed by atoms with Gasteiger partial charge >= 0.3 is 0 Å². The van der Waals surface area contributed by atoms with Gasteiger partial charge in [-0.15, -0.1) is 11.8 Å². The Morgan fingerprint density at radius 2 is 1.60 bits per heavy atom. The van der Waals surface area contributed by atoms with Crippen molar-refractivity contribution < 1.29 is 4.79 Å². The lowest BCUT2D eigenvalue weighted by Gasteiger charge is -2.19. The molecule has 0 saturated carbocycles. The highest BCUT2D eigenvalue weighted by atomic mass is 32.2. The molecule has 0 aromatic heterocycles. The van der Waals surface area contributed by atoms with Gasteiger partial charge < -0.3 is 9.80 Å². The van der Waals surface area contributed by atoms with Crippen LogP contribution in [0.3, 0.4) is 0 Å². The summed E-state index contributed by atoms with van der Waals surface area (Å²) < 4.78 is 0. The highest BCUT2D eigenvalue weighted by molar-refractivity contribution is 8.00. The van der Waals surface area contributed by atoms with Gasteiger partial charge in [-0.25, -0.2) is 0 Å². The molecule has 0 atom stereocenters. The molecule has 0 fully saturated rings. The highest BCUT2D eigenvalue weighted by Crippen LogP contribution is 2.40. The molecule has 3 rings (SSSR count). The molecule has 4 nitrogen and oxygen atoms in total. The maximum absolute atomic E-state index is 12.7. The van der Waals surface area contributed by atoms with Crippen molar-refractivity contribution in [2.75, 3.05) is 29.6 Å². The number of hydrogen-bond acceptors (Lipinski definition) is 5. The lowest BCUT2D eigenvalue weighted by atomic mass is 10.2. The van der Waals surface area contributed by atoms with Crippen LogP contribution in [-0.2, 0) is 4.79 Å². The molecular formula is C20H19N3OS. The first kappa shape index (κ1) is 17.1. The number of nitriles is 1. The summed E-state index contributed by atoms with van der Waals surface area (Å²) in [7, 11) is 3.77. The Balaban J connectivity index is 1.87. The summed E-state index contributed by atoms with van der Waals surface area (Å²) in [6.07, 6.45) is 0. The molecule has 0 aliphatic carbocycles. The fourth-order valence-corrected chi connectivity index (χ4v) is 3.89. The van der Waals surface area contributed by atoms with Gasteiger partial charge in [0, 0.05) is 19.0 Å². The van der Waals surface area contributed by atoms with Crippen LogP contribution < -0.4 is 9.80 Å². The summed E-state index contributed by atoms with van der Waals surface area (Å²) in [5.41, 5.74) is 3.32. The standard InChI is InChI=1S/C20H19N3OS/c1-14-8-4-7-11-19(14)25-13-18(24)15(12-21)20-22(2)16-9-5-6-10-17(16)23(20)3/h4-11H,13H2,1-3H3. The number of aryl methyl sites for hydroxylation is 1. The van der Waals surface area contributed by atoms with E-state index in [1.165, 1.54) is 11.8 Å². The number of fused-ring (bicyclic) bond motifs is 1. The number of Topliss-reactive ketones (excluding diaryl/α,β-unsaturated/α-hetero) is 1. The average Bonchev–Trinajstić information content (AvgIpc) is 2.87. The summed E-state index contributed by atoms with van der Waals surface area (Å²) in [5, 5.41) is 9.63. The summed E-state index contributed by atoms with van der Waals surface area (Å²) in [6.45, 7) is 2.02. The van der Waals surface area contributed by atoms with E-state index in [1.54, 1.807) is 0 Å². The number of carbonyl (C=O) groups excluding carboxylic acids is 1. The fraction of sp³-hybridized carbons (Fsp3) is 0.200. The second-order valence-electron chi connectivity index (χ2n) is 5.89. The van der Waals surface area contributed by atoms with Gasteiger partial charge in [0.05, 0.1) is 17.1 Å². The molecule has 0 unspecified atom stereocenters. The first-order valence-electron chi connectivity index (χ1n) is 7.97. The van der Waals surface area contributed by atoms with E-state index < -0.39 is 0 Å². The molecule has 1 heterocycles. The van der Waals surface area contributed by atoms with Crippen LogP contribution >= 0.6 is 11.8 Å². The Kier molecular flexibility index (Phi) is 4.82. The molecule has 0 spiro atoms. The zero-order chi connectivity index (χ0) is 18.0. The van der Waals surface area contributed by atoms with Crippen LogP contribution in [0.15, 0.2) is 64.8 Å². The molecule has 2 aromatic rings. The summed E-state index contributed by atoms with van der Waals surface area (Å²) in [4.78, 5) is 17.6. The smallest absolute Gasteiger partial charge is 0.187 e. The van der Waals surface area contributed by atoms with Crippen LogP contribution in [0.5, 0.6) is 0 Å². The van der Waals surface area contributed by atoms with E-state index in [9.17, 15) is 10.1 Å². The van der Waals surface area contributed by atoms with Crippen molar-refractivity contribution in [2.45, 2.75) is 11.8 Å². The van der Waals surface area contributed by atoms with Crippen LogP contribution in [0, 0.1) is 18.3 Å². The Morgan fingerprint density at radius 1 is 1.04 bits per heavy atom. The van der Waals surface area contributed by atoms with Crippen molar-refractivity contribution in [3.63, 3.8) is 0 Å². The van der Waals surface area contributed by atoms with Crippen molar-refractivity contribution in [3.05, 3.63) is 65.5 Å². The molecule has 0 saturated heterocycles. The second kappa shape index (κ2) is 7.04. The number of hydrogen-bond donors (Lipinski definition) is 0. The third kappa shape index (κ3) is 3.13. The van der Waals surface area contributed by atoms with E-state index in [0.29, 0.717) is 5.82 Å². The van der Waals surface area contributed by atoms with Crippen LogP contribution in [0.25, 0.3) is 0 Å². The quantitative estimate of drug-likeness (QED) is 0.475. The number of nitrogens with zero attached hydrogens (tertiary/aromatic N) is 3. The van der Waals surface area contributed by atoms with E-state index in [1.807, 2.05) is 79.3 Å². The summed E-state index contributed by atoms with van der Waals surface area (Å²) in [6, 6.07) is 17.9. The summed E-state index contributed by atoms with van der Waals surface area (Å²) >= 11 is 1.47. The number of ketones is 1. The molecule has 0 bridgehead atoms. The molecule has 25 heavy (non-hydrogen) atoms. The van der Waals surface area contributed by atoms with Gasteiger partial charge in [-0.2, -0.15) is 5.26 Å². The van der Waals surface area contributed by atoms with E-state index in [2.05, 4.69) is 6.07 Å². The molecule has 5 heteroatoms.